The molecule has 0 saturated heterocycles. The molecule has 0 aliphatic heterocycles. The minimum Gasteiger partial charge on any atom is -0.482 e. The second-order valence-corrected chi connectivity index (χ2v) is 6.24. The van der Waals surface area contributed by atoms with E-state index in [9.17, 15) is 4.39 Å². The van der Waals surface area contributed by atoms with Crippen LogP contribution in [0.1, 0.15) is 5.89 Å². The highest BCUT2D eigenvalue weighted by atomic mass is 79.9. The van der Waals surface area contributed by atoms with Gasteiger partial charge in [-0.1, -0.05) is 16.8 Å². The van der Waals surface area contributed by atoms with Crippen LogP contribution in [0.15, 0.2) is 38.6 Å². The van der Waals surface area contributed by atoms with Gasteiger partial charge in [-0.2, -0.15) is 4.98 Å². The van der Waals surface area contributed by atoms with Crippen LogP contribution in [0.25, 0.3) is 10.7 Å². The van der Waals surface area contributed by atoms with Crippen LogP contribution in [-0.2, 0) is 6.61 Å². The van der Waals surface area contributed by atoms with Gasteiger partial charge in [0.1, 0.15) is 11.6 Å². The standard InChI is InChI=1S/C13H7BrClFN2O2S/c14-7-3-11(21-6-7)13-17-12(20-18-13)5-19-10-2-1-8(16)4-9(10)15/h1-4,6H,5H2. The summed E-state index contributed by atoms with van der Waals surface area (Å²) in [4.78, 5) is 5.11. The summed E-state index contributed by atoms with van der Waals surface area (Å²) in [7, 11) is 0. The van der Waals surface area contributed by atoms with E-state index in [1.165, 1.54) is 29.5 Å². The van der Waals surface area contributed by atoms with Crippen molar-refractivity contribution >= 4 is 38.9 Å². The summed E-state index contributed by atoms with van der Waals surface area (Å²) in [6, 6.07) is 5.80. The lowest BCUT2D eigenvalue weighted by molar-refractivity contribution is 0.243. The molecular weight excluding hydrogens is 383 g/mol. The van der Waals surface area contributed by atoms with Crippen LogP contribution < -0.4 is 4.74 Å². The van der Waals surface area contributed by atoms with Crippen LogP contribution >= 0.6 is 38.9 Å². The quantitative estimate of drug-likeness (QED) is 0.634. The van der Waals surface area contributed by atoms with E-state index < -0.39 is 5.82 Å². The summed E-state index contributed by atoms with van der Waals surface area (Å²) in [5.74, 6) is 0.747. The van der Waals surface area contributed by atoms with Crippen LogP contribution in [0.4, 0.5) is 4.39 Å². The second-order valence-electron chi connectivity index (χ2n) is 4.00. The van der Waals surface area contributed by atoms with E-state index in [-0.39, 0.29) is 11.6 Å². The van der Waals surface area contributed by atoms with Crippen molar-refractivity contribution in [2.75, 3.05) is 0 Å². The Morgan fingerprint density at radius 2 is 2.24 bits per heavy atom. The molecule has 0 N–H and O–H groups in total. The molecule has 2 aromatic heterocycles. The molecule has 1 aromatic carbocycles. The zero-order valence-electron chi connectivity index (χ0n) is 10.3. The van der Waals surface area contributed by atoms with E-state index in [2.05, 4.69) is 26.1 Å². The van der Waals surface area contributed by atoms with Gasteiger partial charge in [-0.05, 0) is 40.2 Å². The lowest BCUT2D eigenvalue weighted by atomic mass is 10.3. The number of hydrogen-bond donors (Lipinski definition) is 0. The van der Waals surface area contributed by atoms with Crippen molar-refractivity contribution in [2.24, 2.45) is 0 Å². The molecule has 21 heavy (non-hydrogen) atoms. The van der Waals surface area contributed by atoms with Gasteiger partial charge < -0.3 is 9.26 Å². The third kappa shape index (κ3) is 3.42. The predicted molar refractivity (Wildman–Crippen MR) is 81.1 cm³/mol. The van der Waals surface area contributed by atoms with E-state index in [0.717, 1.165) is 9.35 Å². The summed E-state index contributed by atoms with van der Waals surface area (Å²) in [5, 5.41) is 6.00. The summed E-state index contributed by atoms with van der Waals surface area (Å²) in [6.07, 6.45) is 0. The fourth-order valence-electron chi connectivity index (χ4n) is 1.58. The maximum absolute atomic E-state index is 12.9. The summed E-state index contributed by atoms with van der Waals surface area (Å²) in [5.41, 5.74) is 0. The molecule has 0 spiro atoms. The first-order valence-electron chi connectivity index (χ1n) is 5.76. The fraction of sp³-hybridized carbons (Fsp3) is 0.0769. The summed E-state index contributed by atoms with van der Waals surface area (Å²) < 4.78 is 24.4. The molecule has 0 atom stereocenters. The Morgan fingerprint density at radius 1 is 1.38 bits per heavy atom. The van der Waals surface area contributed by atoms with Crippen molar-refractivity contribution in [2.45, 2.75) is 6.61 Å². The van der Waals surface area contributed by atoms with E-state index >= 15 is 0 Å². The molecular formula is C13H7BrClFN2O2S. The topological polar surface area (TPSA) is 48.2 Å². The van der Waals surface area contributed by atoms with Gasteiger partial charge in [0.15, 0.2) is 6.61 Å². The molecule has 2 heterocycles. The molecule has 8 heteroatoms. The lowest BCUT2D eigenvalue weighted by Crippen LogP contribution is -1.96. The molecule has 0 unspecified atom stereocenters. The van der Waals surface area contributed by atoms with Crippen molar-refractivity contribution in [1.82, 2.24) is 10.1 Å². The zero-order valence-corrected chi connectivity index (χ0v) is 13.5. The van der Waals surface area contributed by atoms with Crippen molar-refractivity contribution in [3.63, 3.8) is 0 Å². The molecule has 0 fully saturated rings. The van der Waals surface area contributed by atoms with Crippen molar-refractivity contribution in [1.29, 1.82) is 0 Å². The van der Waals surface area contributed by atoms with Gasteiger partial charge >= 0.3 is 0 Å². The van der Waals surface area contributed by atoms with E-state index in [1.54, 1.807) is 0 Å². The number of halogens is 3. The Kier molecular flexibility index (Phi) is 4.23. The Labute approximate surface area is 136 Å². The van der Waals surface area contributed by atoms with Gasteiger partial charge in [-0.3, -0.25) is 0 Å². The largest absolute Gasteiger partial charge is 0.482 e. The number of hydrogen-bond acceptors (Lipinski definition) is 5. The average molecular weight is 390 g/mol. The highest BCUT2D eigenvalue weighted by molar-refractivity contribution is 9.10. The number of ether oxygens (including phenoxy) is 1. The van der Waals surface area contributed by atoms with Gasteiger partial charge in [0.25, 0.3) is 5.89 Å². The monoisotopic (exact) mass is 388 g/mol. The number of nitrogens with zero attached hydrogens (tertiary/aromatic N) is 2. The molecule has 0 amide bonds. The van der Waals surface area contributed by atoms with Crippen molar-refractivity contribution < 1.29 is 13.7 Å². The predicted octanol–water partition coefficient (Wildman–Crippen LogP) is 4.93. The highest BCUT2D eigenvalue weighted by Gasteiger charge is 2.12. The third-order valence-electron chi connectivity index (χ3n) is 2.50. The first kappa shape index (κ1) is 14.5. The fourth-order valence-corrected chi connectivity index (χ4v) is 3.15. The average Bonchev–Trinajstić information content (AvgIpc) is 3.06. The number of rotatable bonds is 4. The lowest BCUT2D eigenvalue weighted by Gasteiger charge is -2.04. The molecule has 0 saturated carbocycles. The smallest absolute Gasteiger partial charge is 0.264 e. The van der Waals surface area contributed by atoms with Crippen LogP contribution in [0, 0.1) is 5.82 Å². The first-order valence-corrected chi connectivity index (χ1v) is 7.82. The molecule has 3 aromatic rings. The molecule has 0 aliphatic carbocycles. The first-order chi connectivity index (χ1) is 10.1. The van der Waals surface area contributed by atoms with Crippen LogP contribution in [0.3, 0.4) is 0 Å². The third-order valence-corrected chi connectivity index (χ3v) is 4.48. The Hall–Kier alpha value is -1.44. The maximum Gasteiger partial charge on any atom is 0.264 e. The van der Waals surface area contributed by atoms with Gasteiger partial charge in [-0.25, -0.2) is 4.39 Å². The van der Waals surface area contributed by atoms with Crippen LogP contribution in [0.5, 0.6) is 5.75 Å². The minimum absolute atomic E-state index is 0.0604. The maximum atomic E-state index is 12.9. The summed E-state index contributed by atoms with van der Waals surface area (Å²) in [6.45, 7) is 0.0604. The minimum atomic E-state index is -0.421. The molecule has 0 aliphatic rings. The van der Waals surface area contributed by atoms with E-state index in [1.807, 2.05) is 11.4 Å². The van der Waals surface area contributed by atoms with Gasteiger partial charge in [0.05, 0.1) is 9.90 Å². The number of benzene rings is 1. The van der Waals surface area contributed by atoms with Crippen LogP contribution in [-0.4, -0.2) is 10.1 Å². The van der Waals surface area contributed by atoms with E-state index in [0.29, 0.717) is 17.5 Å². The van der Waals surface area contributed by atoms with Crippen molar-refractivity contribution in [3.05, 3.63) is 50.8 Å². The SMILES string of the molecule is Fc1ccc(OCc2nc(-c3cc(Br)cs3)no2)c(Cl)c1. The molecule has 0 bridgehead atoms. The van der Waals surface area contributed by atoms with Gasteiger partial charge in [-0.15, -0.1) is 11.3 Å². The Bertz CT molecular complexity index is 777. The Morgan fingerprint density at radius 3 is 2.95 bits per heavy atom. The molecule has 4 nitrogen and oxygen atoms in total. The van der Waals surface area contributed by atoms with Gasteiger partial charge in [0, 0.05) is 9.85 Å². The molecule has 108 valence electrons. The Balaban J connectivity index is 1.70. The van der Waals surface area contributed by atoms with Crippen molar-refractivity contribution in [3.8, 4) is 16.5 Å². The normalized spacial score (nSPS) is 10.8. The van der Waals surface area contributed by atoms with Crippen LogP contribution in [0.2, 0.25) is 5.02 Å². The second kappa shape index (κ2) is 6.13. The summed E-state index contributed by atoms with van der Waals surface area (Å²) >= 11 is 10.7. The zero-order chi connectivity index (χ0) is 14.8. The number of aromatic nitrogens is 2. The molecule has 3 rings (SSSR count). The number of thiophene rings is 1. The molecule has 0 radical (unpaired) electrons. The van der Waals surface area contributed by atoms with Gasteiger partial charge in [0.2, 0.25) is 5.82 Å². The van der Waals surface area contributed by atoms with E-state index in [4.69, 9.17) is 20.9 Å². The highest BCUT2D eigenvalue weighted by Crippen LogP contribution is 2.28.